The van der Waals surface area contributed by atoms with Crippen molar-refractivity contribution in [1.29, 1.82) is 0 Å². The molecule has 1 heterocycles. The summed E-state index contributed by atoms with van der Waals surface area (Å²) in [6.07, 6.45) is 4.40. The number of hydrogen-bond donors (Lipinski definition) is 2. The van der Waals surface area contributed by atoms with E-state index in [1.165, 1.54) is 6.92 Å². The van der Waals surface area contributed by atoms with E-state index in [9.17, 15) is 4.79 Å². The van der Waals surface area contributed by atoms with E-state index >= 15 is 0 Å². The van der Waals surface area contributed by atoms with E-state index in [0.717, 1.165) is 12.0 Å². The quantitative estimate of drug-likeness (QED) is 0.728. The fraction of sp³-hybridized carbons (Fsp3) is 0.429. The van der Waals surface area contributed by atoms with Gasteiger partial charge in [0.05, 0.1) is 6.20 Å². The summed E-state index contributed by atoms with van der Waals surface area (Å²) in [5.41, 5.74) is 1.11. The van der Waals surface area contributed by atoms with Crippen LogP contribution in [0, 0.1) is 0 Å². The van der Waals surface area contributed by atoms with Gasteiger partial charge in [0.25, 0.3) is 0 Å². The number of carbonyl (C=O) groups excluding carboxylic acids is 1. The third-order valence-electron chi connectivity index (χ3n) is 1.34. The van der Waals surface area contributed by atoms with Crippen molar-refractivity contribution >= 4 is 18.3 Å². The van der Waals surface area contributed by atoms with Crippen molar-refractivity contribution in [2.45, 2.75) is 13.3 Å². The lowest BCUT2D eigenvalue weighted by Crippen LogP contribution is -2.22. The molecule has 12 heavy (non-hydrogen) atoms. The molecule has 0 bridgehead atoms. The van der Waals surface area contributed by atoms with E-state index in [1.807, 2.05) is 6.20 Å². The molecule has 0 fully saturated rings. The molecular weight excluding hydrogens is 178 g/mol. The topological polar surface area (TPSA) is 57.8 Å². The van der Waals surface area contributed by atoms with E-state index in [-0.39, 0.29) is 18.3 Å². The Morgan fingerprint density at radius 2 is 2.50 bits per heavy atom. The fourth-order valence-corrected chi connectivity index (χ4v) is 0.797. The summed E-state index contributed by atoms with van der Waals surface area (Å²) in [5, 5.41) is 9.19. The number of aromatic nitrogens is 2. The van der Waals surface area contributed by atoms with Gasteiger partial charge in [-0.3, -0.25) is 9.89 Å². The second-order valence-corrected chi connectivity index (χ2v) is 2.34. The van der Waals surface area contributed by atoms with Gasteiger partial charge in [-0.05, 0) is 12.0 Å². The highest BCUT2D eigenvalue weighted by atomic mass is 35.5. The fourth-order valence-electron chi connectivity index (χ4n) is 0.797. The van der Waals surface area contributed by atoms with Crippen molar-refractivity contribution in [1.82, 2.24) is 15.5 Å². The molecule has 68 valence electrons. The number of hydrogen-bond acceptors (Lipinski definition) is 2. The predicted molar refractivity (Wildman–Crippen MR) is 48.2 cm³/mol. The number of nitrogens with one attached hydrogen (secondary N) is 2. The van der Waals surface area contributed by atoms with Gasteiger partial charge < -0.3 is 5.32 Å². The van der Waals surface area contributed by atoms with Crippen molar-refractivity contribution in [2.24, 2.45) is 0 Å². The molecule has 0 unspecified atom stereocenters. The predicted octanol–water partition coefficient (Wildman–Crippen LogP) is 0.510. The van der Waals surface area contributed by atoms with Gasteiger partial charge in [-0.1, -0.05) is 0 Å². The summed E-state index contributed by atoms with van der Waals surface area (Å²) in [6, 6.07) is 0. The number of amides is 1. The standard InChI is InChI=1S/C7H11N3O.ClH/c1-6(11)8-3-2-7-4-9-10-5-7;/h4-5H,2-3H2,1H3,(H,8,11)(H,9,10);1H. The number of halogens is 1. The highest BCUT2D eigenvalue weighted by Gasteiger charge is 1.93. The van der Waals surface area contributed by atoms with E-state index in [2.05, 4.69) is 15.5 Å². The lowest BCUT2D eigenvalue weighted by molar-refractivity contribution is -0.118. The average molecular weight is 190 g/mol. The molecule has 1 aromatic rings. The molecule has 4 nitrogen and oxygen atoms in total. The van der Waals surface area contributed by atoms with E-state index in [4.69, 9.17) is 0 Å². The van der Waals surface area contributed by atoms with Crippen LogP contribution in [0.1, 0.15) is 12.5 Å². The Bertz CT molecular complexity index is 223. The summed E-state index contributed by atoms with van der Waals surface area (Å²) in [4.78, 5) is 10.4. The molecule has 5 heteroatoms. The molecule has 2 N–H and O–H groups in total. The van der Waals surface area contributed by atoms with Crippen LogP contribution in [-0.4, -0.2) is 22.6 Å². The maximum Gasteiger partial charge on any atom is 0.216 e. The Hall–Kier alpha value is -1.03. The minimum atomic E-state index is 0. The first kappa shape index (κ1) is 11.0. The highest BCUT2D eigenvalue weighted by Crippen LogP contribution is 1.92. The van der Waals surface area contributed by atoms with Gasteiger partial charge in [-0.15, -0.1) is 12.4 Å². The van der Waals surface area contributed by atoms with Crippen molar-refractivity contribution in [3.63, 3.8) is 0 Å². The molecule has 0 saturated carbocycles. The van der Waals surface area contributed by atoms with E-state index < -0.39 is 0 Å². The average Bonchev–Trinajstić information content (AvgIpc) is 2.39. The molecule has 0 spiro atoms. The van der Waals surface area contributed by atoms with Crippen LogP contribution in [0.2, 0.25) is 0 Å². The monoisotopic (exact) mass is 189 g/mol. The number of aromatic amines is 1. The van der Waals surface area contributed by atoms with Crippen LogP contribution >= 0.6 is 12.4 Å². The number of nitrogens with zero attached hydrogens (tertiary/aromatic N) is 1. The first-order valence-corrected chi connectivity index (χ1v) is 3.51. The van der Waals surface area contributed by atoms with Gasteiger partial charge in [0.1, 0.15) is 0 Å². The summed E-state index contributed by atoms with van der Waals surface area (Å²) in [5.74, 6) is 0.00787. The maximum absolute atomic E-state index is 10.4. The third-order valence-corrected chi connectivity index (χ3v) is 1.34. The summed E-state index contributed by atoms with van der Waals surface area (Å²) in [6.45, 7) is 2.18. The molecule has 1 amide bonds. The Kier molecular flexibility index (Phi) is 5.12. The largest absolute Gasteiger partial charge is 0.356 e. The van der Waals surface area contributed by atoms with E-state index in [0.29, 0.717) is 6.54 Å². The van der Waals surface area contributed by atoms with Gasteiger partial charge in [0, 0.05) is 19.7 Å². The van der Waals surface area contributed by atoms with Crippen molar-refractivity contribution in [3.05, 3.63) is 18.0 Å². The number of H-pyrrole nitrogens is 1. The van der Waals surface area contributed by atoms with Crippen molar-refractivity contribution < 1.29 is 4.79 Å². The Balaban J connectivity index is 0.00000121. The second-order valence-electron chi connectivity index (χ2n) is 2.34. The maximum atomic E-state index is 10.4. The second kappa shape index (κ2) is 5.60. The first-order valence-electron chi connectivity index (χ1n) is 3.51. The van der Waals surface area contributed by atoms with Crippen LogP contribution in [0.15, 0.2) is 12.4 Å². The molecule has 0 aliphatic heterocycles. The van der Waals surface area contributed by atoms with Gasteiger partial charge in [-0.2, -0.15) is 5.10 Å². The molecule has 0 saturated heterocycles. The molecule has 0 atom stereocenters. The molecule has 0 aliphatic carbocycles. The molecule has 0 radical (unpaired) electrons. The van der Waals surface area contributed by atoms with Gasteiger partial charge >= 0.3 is 0 Å². The van der Waals surface area contributed by atoms with E-state index in [1.54, 1.807) is 6.20 Å². The smallest absolute Gasteiger partial charge is 0.216 e. The van der Waals surface area contributed by atoms with Crippen LogP contribution in [0.5, 0.6) is 0 Å². The number of carbonyl (C=O) groups is 1. The minimum Gasteiger partial charge on any atom is -0.356 e. The number of rotatable bonds is 3. The minimum absolute atomic E-state index is 0. The molecular formula is C7H12ClN3O. The lowest BCUT2D eigenvalue weighted by Gasteiger charge is -1.97. The van der Waals surface area contributed by atoms with Gasteiger partial charge in [0.2, 0.25) is 5.91 Å². The SMILES string of the molecule is CC(=O)NCCc1cn[nH]c1.Cl. The first-order chi connectivity index (χ1) is 5.29. The van der Waals surface area contributed by atoms with Gasteiger partial charge in [-0.25, -0.2) is 0 Å². The van der Waals surface area contributed by atoms with Crippen LogP contribution in [0.25, 0.3) is 0 Å². The Labute approximate surface area is 77.2 Å². The summed E-state index contributed by atoms with van der Waals surface area (Å²) >= 11 is 0. The molecule has 0 aromatic carbocycles. The van der Waals surface area contributed by atoms with Crippen LogP contribution in [0.3, 0.4) is 0 Å². The summed E-state index contributed by atoms with van der Waals surface area (Å²) in [7, 11) is 0. The normalized spacial score (nSPS) is 8.75. The Morgan fingerprint density at radius 1 is 1.75 bits per heavy atom. The van der Waals surface area contributed by atoms with Gasteiger partial charge in [0.15, 0.2) is 0 Å². The van der Waals surface area contributed by atoms with Crippen LogP contribution in [-0.2, 0) is 11.2 Å². The van der Waals surface area contributed by atoms with Crippen molar-refractivity contribution in [3.8, 4) is 0 Å². The van der Waals surface area contributed by atoms with Crippen molar-refractivity contribution in [2.75, 3.05) is 6.54 Å². The molecule has 1 aromatic heterocycles. The molecule has 1 rings (SSSR count). The van der Waals surface area contributed by atoms with Crippen LogP contribution in [0.4, 0.5) is 0 Å². The summed E-state index contributed by atoms with van der Waals surface area (Å²) < 4.78 is 0. The molecule has 0 aliphatic rings. The zero-order chi connectivity index (χ0) is 8.10. The Morgan fingerprint density at radius 3 is 3.00 bits per heavy atom. The zero-order valence-electron chi connectivity index (χ0n) is 6.83. The highest BCUT2D eigenvalue weighted by molar-refractivity contribution is 5.85. The third kappa shape index (κ3) is 3.98. The van der Waals surface area contributed by atoms with Crippen LogP contribution < -0.4 is 5.32 Å². The zero-order valence-corrected chi connectivity index (χ0v) is 7.65. The lowest BCUT2D eigenvalue weighted by atomic mass is 10.2.